The van der Waals surface area contributed by atoms with Gasteiger partial charge in [0.15, 0.2) is 0 Å². The van der Waals surface area contributed by atoms with Crippen LogP contribution in [0.3, 0.4) is 0 Å². The number of aromatic nitrogens is 1. The van der Waals surface area contributed by atoms with Gasteiger partial charge in [0.25, 0.3) is 5.91 Å². The molecule has 22 heavy (non-hydrogen) atoms. The summed E-state index contributed by atoms with van der Waals surface area (Å²) >= 11 is 1.52. The number of likely N-dealkylation sites (tertiary alicyclic amines) is 1. The molecule has 2 aromatic rings. The number of carbonyl (C=O) groups excluding carboxylic acids is 1. The standard InChI is InChI=1S/C18H22N2OS/c1-13-17(22-14(2)19-13)18(21)20-11-7-6-10-16(12-20)15-8-4-3-5-9-15/h3-5,8-9,16H,6-7,10-12H2,1-2H3. The first-order chi connectivity index (χ1) is 10.6. The van der Waals surface area contributed by atoms with Crippen LogP contribution >= 0.6 is 11.3 Å². The number of hydrogen-bond acceptors (Lipinski definition) is 3. The van der Waals surface area contributed by atoms with Crippen LogP contribution < -0.4 is 0 Å². The summed E-state index contributed by atoms with van der Waals surface area (Å²) in [7, 11) is 0. The number of hydrogen-bond donors (Lipinski definition) is 0. The molecule has 0 bridgehead atoms. The van der Waals surface area contributed by atoms with Crippen LogP contribution in [0.2, 0.25) is 0 Å². The van der Waals surface area contributed by atoms with E-state index in [1.54, 1.807) is 0 Å². The molecule has 2 heterocycles. The Morgan fingerprint density at radius 1 is 1.23 bits per heavy atom. The zero-order chi connectivity index (χ0) is 15.5. The number of thiazole rings is 1. The van der Waals surface area contributed by atoms with Crippen LogP contribution in [0.5, 0.6) is 0 Å². The SMILES string of the molecule is Cc1nc(C)c(C(=O)N2CCCCC(c3ccccc3)C2)s1. The van der Waals surface area contributed by atoms with E-state index in [1.807, 2.05) is 24.8 Å². The molecule has 0 spiro atoms. The first-order valence-electron chi connectivity index (χ1n) is 7.93. The highest BCUT2D eigenvalue weighted by atomic mass is 32.1. The average molecular weight is 314 g/mol. The number of aryl methyl sites for hydroxylation is 2. The Bertz CT molecular complexity index is 650. The van der Waals surface area contributed by atoms with E-state index in [4.69, 9.17) is 0 Å². The van der Waals surface area contributed by atoms with E-state index in [2.05, 4.69) is 29.2 Å². The van der Waals surface area contributed by atoms with E-state index in [9.17, 15) is 4.79 Å². The second-order valence-electron chi connectivity index (χ2n) is 6.00. The lowest BCUT2D eigenvalue weighted by atomic mass is 9.94. The quantitative estimate of drug-likeness (QED) is 0.833. The van der Waals surface area contributed by atoms with Gasteiger partial charge in [-0.3, -0.25) is 4.79 Å². The molecular formula is C18H22N2OS. The summed E-state index contributed by atoms with van der Waals surface area (Å²) in [5.74, 6) is 0.605. The Morgan fingerprint density at radius 3 is 2.68 bits per heavy atom. The summed E-state index contributed by atoms with van der Waals surface area (Å²) in [4.78, 5) is 20.1. The van der Waals surface area contributed by atoms with E-state index >= 15 is 0 Å². The fraction of sp³-hybridized carbons (Fsp3) is 0.444. The topological polar surface area (TPSA) is 33.2 Å². The lowest BCUT2D eigenvalue weighted by molar-refractivity contribution is 0.0758. The summed E-state index contributed by atoms with van der Waals surface area (Å²) in [5, 5.41) is 0.968. The van der Waals surface area contributed by atoms with Crippen molar-refractivity contribution in [3.63, 3.8) is 0 Å². The third kappa shape index (κ3) is 3.22. The maximum atomic E-state index is 12.9. The monoisotopic (exact) mass is 314 g/mol. The highest BCUT2D eigenvalue weighted by Gasteiger charge is 2.26. The van der Waals surface area contributed by atoms with Crippen molar-refractivity contribution in [3.05, 3.63) is 51.5 Å². The number of benzene rings is 1. The van der Waals surface area contributed by atoms with Crippen molar-refractivity contribution >= 4 is 17.2 Å². The minimum absolute atomic E-state index is 0.158. The summed E-state index contributed by atoms with van der Waals surface area (Å²) in [6.45, 7) is 5.57. The molecule has 1 saturated heterocycles. The molecule has 1 aromatic carbocycles. The molecule has 1 fully saturated rings. The van der Waals surface area contributed by atoms with Crippen molar-refractivity contribution < 1.29 is 4.79 Å². The van der Waals surface area contributed by atoms with Gasteiger partial charge in [-0.2, -0.15) is 0 Å². The van der Waals surface area contributed by atoms with Gasteiger partial charge in [-0.1, -0.05) is 36.8 Å². The minimum Gasteiger partial charge on any atom is -0.337 e. The van der Waals surface area contributed by atoms with Crippen LogP contribution in [0.15, 0.2) is 30.3 Å². The maximum Gasteiger partial charge on any atom is 0.265 e. The minimum atomic E-state index is 0.158. The van der Waals surface area contributed by atoms with E-state index in [1.165, 1.54) is 23.3 Å². The lowest BCUT2D eigenvalue weighted by Gasteiger charge is -2.24. The number of carbonyl (C=O) groups is 1. The van der Waals surface area contributed by atoms with Gasteiger partial charge in [0.2, 0.25) is 0 Å². The second-order valence-corrected chi connectivity index (χ2v) is 7.21. The molecule has 116 valence electrons. The normalized spacial score (nSPS) is 19.0. The highest BCUT2D eigenvalue weighted by Crippen LogP contribution is 2.28. The smallest absolute Gasteiger partial charge is 0.265 e. The Kier molecular flexibility index (Phi) is 4.57. The predicted octanol–water partition coefficient (Wildman–Crippen LogP) is 4.17. The van der Waals surface area contributed by atoms with E-state index in [0.29, 0.717) is 5.92 Å². The third-order valence-electron chi connectivity index (χ3n) is 4.33. The van der Waals surface area contributed by atoms with Gasteiger partial charge in [-0.05, 0) is 32.3 Å². The Balaban J connectivity index is 1.81. The van der Waals surface area contributed by atoms with Crippen LogP contribution in [0.25, 0.3) is 0 Å². The molecule has 1 aliphatic rings. The fourth-order valence-electron chi connectivity index (χ4n) is 3.20. The molecule has 1 atom stereocenters. The van der Waals surface area contributed by atoms with Gasteiger partial charge >= 0.3 is 0 Å². The Labute approximate surface area is 136 Å². The molecular weight excluding hydrogens is 292 g/mol. The van der Waals surface area contributed by atoms with Crippen molar-refractivity contribution in [2.45, 2.75) is 39.0 Å². The summed E-state index contributed by atoms with van der Waals surface area (Å²) in [6.07, 6.45) is 3.43. The molecule has 0 N–H and O–H groups in total. The molecule has 4 heteroatoms. The van der Waals surface area contributed by atoms with Gasteiger partial charge in [0, 0.05) is 19.0 Å². The van der Waals surface area contributed by atoms with E-state index in [-0.39, 0.29) is 5.91 Å². The first kappa shape index (κ1) is 15.2. The van der Waals surface area contributed by atoms with Crippen molar-refractivity contribution in [2.24, 2.45) is 0 Å². The molecule has 1 aliphatic heterocycles. The Morgan fingerprint density at radius 2 is 2.00 bits per heavy atom. The summed E-state index contributed by atoms with van der Waals surface area (Å²) in [5.41, 5.74) is 2.22. The Hall–Kier alpha value is -1.68. The average Bonchev–Trinajstić information content (AvgIpc) is 2.75. The first-order valence-corrected chi connectivity index (χ1v) is 8.75. The summed E-state index contributed by atoms with van der Waals surface area (Å²) in [6, 6.07) is 10.6. The van der Waals surface area contributed by atoms with Crippen molar-refractivity contribution in [2.75, 3.05) is 13.1 Å². The zero-order valence-corrected chi connectivity index (χ0v) is 14.0. The highest BCUT2D eigenvalue weighted by molar-refractivity contribution is 7.13. The van der Waals surface area contributed by atoms with Gasteiger partial charge < -0.3 is 4.90 Å². The lowest BCUT2D eigenvalue weighted by Crippen LogP contribution is -2.34. The fourth-order valence-corrected chi connectivity index (χ4v) is 4.08. The van der Waals surface area contributed by atoms with E-state index < -0.39 is 0 Å². The molecule has 0 saturated carbocycles. The van der Waals surface area contributed by atoms with Gasteiger partial charge in [-0.15, -0.1) is 11.3 Å². The second kappa shape index (κ2) is 6.61. The number of nitrogens with zero attached hydrogens (tertiary/aromatic N) is 2. The van der Waals surface area contributed by atoms with Crippen molar-refractivity contribution in [3.8, 4) is 0 Å². The molecule has 0 radical (unpaired) electrons. The molecule has 3 nitrogen and oxygen atoms in total. The largest absolute Gasteiger partial charge is 0.337 e. The van der Waals surface area contributed by atoms with E-state index in [0.717, 1.165) is 41.5 Å². The molecule has 1 aromatic heterocycles. The molecule has 1 unspecified atom stereocenters. The van der Waals surface area contributed by atoms with Crippen molar-refractivity contribution in [1.29, 1.82) is 0 Å². The number of amides is 1. The van der Waals surface area contributed by atoms with Crippen LogP contribution in [0.1, 0.15) is 51.1 Å². The number of rotatable bonds is 2. The molecule has 1 amide bonds. The van der Waals surface area contributed by atoms with Crippen LogP contribution in [0, 0.1) is 13.8 Å². The predicted molar refractivity (Wildman–Crippen MR) is 90.5 cm³/mol. The zero-order valence-electron chi connectivity index (χ0n) is 13.2. The van der Waals surface area contributed by atoms with Crippen molar-refractivity contribution in [1.82, 2.24) is 9.88 Å². The van der Waals surface area contributed by atoms with Crippen LogP contribution in [0.4, 0.5) is 0 Å². The van der Waals surface area contributed by atoms with Gasteiger partial charge in [0.1, 0.15) is 4.88 Å². The van der Waals surface area contributed by atoms with Gasteiger partial charge in [0.05, 0.1) is 10.7 Å². The molecule has 0 aliphatic carbocycles. The van der Waals surface area contributed by atoms with Gasteiger partial charge in [-0.25, -0.2) is 4.98 Å². The maximum absolute atomic E-state index is 12.9. The van der Waals surface area contributed by atoms with Crippen LogP contribution in [-0.4, -0.2) is 28.9 Å². The summed E-state index contributed by atoms with van der Waals surface area (Å²) < 4.78 is 0. The van der Waals surface area contributed by atoms with Crippen LogP contribution in [-0.2, 0) is 0 Å². The third-order valence-corrected chi connectivity index (χ3v) is 5.39. The molecule has 3 rings (SSSR count).